The maximum absolute atomic E-state index is 11.9. The second-order valence-electron chi connectivity index (χ2n) is 4.65. The number of anilines is 1. The molecule has 4 heteroatoms. The number of nitrogens with one attached hydrogen (secondary N) is 1. The predicted octanol–water partition coefficient (Wildman–Crippen LogP) is 3.51. The zero-order valence-corrected chi connectivity index (χ0v) is 11.8. The van der Waals surface area contributed by atoms with Gasteiger partial charge in [-0.2, -0.15) is 5.10 Å². The molecule has 1 N–H and O–H groups in total. The number of carbonyl (C=O) groups is 1. The summed E-state index contributed by atoms with van der Waals surface area (Å²) in [5.74, 6) is 0.570. The van der Waals surface area contributed by atoms with Crippen molar-refractivity contribution in [2.45, 2.75) is 26.3 Å². The third-order valence-electron chi connectivity index (χ3n) is 3.16. The summed E-state index contributed by atoms with van der Waals surface area (Å²) in [5.41, 5.74) is 0.998. The first-order chi connectivity index (χ1) is 9.70. The highest BCUT2D eigenvalue weighted by Gasteiger charge is 2.09. The molecule has 0 bridgehead atoms. The summed E-state index contributed by atoms with van der Waals surface area (Å²) >= 11 is 0. The lowest BCUT2D eigenvalue weighted by molar-refractivity contribution is -0.111. The minimum atomic E-state index is -0.154. The monoisotopic (exact) mass is 269 g/mol. The standard InChI is InChI=1S/C16H19N3O/c1-3-13(2)19-15(11-12-17-19)18-16(20)10-9-14-7-5-4-6-8-14/h4-13H,3H2,1-2H3,(H,18,20)/b10-9+. The summed E-state index contributed by atoms with van der Waals surface area (Å²) in [7, 11) is 0. The summed E-state index contributed by atoms with van der Waals surface area (Å²) in [6.45, 7) is 4.16. The van der Waals surface area contributed by atoms with Gasteiger partial charge in [0.25, 0.3) is 0 Å². The maximum Gasteiger partial charge on any atom is 0.249 e. The molecule has 0 spiro atoms. The van der Waals surface area contributed by atoms with Crippen LogP contribution in [0, 0.1) is 0 Å². The van der Waals surface area contributed by atoms with Gasteiger partial charge in [-0.05, 0) is 25.0 Å². The van der Waals surface area contributed by atoms with Crippen LogP contribution < -0.4 is 5.32 Å². The molecular weight excluding hydrogens is 250 g/mol. The molecule has 20 heavy (non-hydrogen) atoms. The van der Waals surface area contributed by atoms with Gasteiger partial charge in [0.05, 0.1) is 12.2 Å². The number of hydrogen-bond acceptors (Lipinski definition) is 2. The topological polar surface area (TPSA) is 46.9 Å². The smallest absolute Gasteiger partial charge is 0.249 e. The number of aromatic nitrogens is 2. The van der Waals surface area contributed by atoms with E-state index >= 15 is 0 Å². The van der Waals surface area contributed by atoms with Crippen molar-refractivity contribution in [2.24, 2.45) is 0 Å². The average Bonchev–Trinajstić information content (AvgIpc) is 2.93. The van der Waals surface area contributed by atoms with Gasteiger partial charge in [0, 0.05) is 12.1 Å². The van der Waals surface area contributed by atoms with Gasteiger partial charge in [0.1, 0.15) is 5.82 Å². The highest BCUT2D eigenvalue weighted by atomic mass is 16.1. The fourth-order valence-electron chi connectivity index (χ4n) is 1.84. The lowest BCUT2D eigenvalue weighted by atomic mass is 10.2. The van der Waals surface area contributed by atoms with Crippen molar-refractivity contribution in [3.8, 4) is 0 Å². The molecule has 0 aliphatic carbocycles. The van der Waals surface area contributed by atoms with E-state index in [-0.39, 0.29) is 11.9 Å². The quantitative estimate of drug-likeness (QED) is 0.844. The van der Waals surface area contributed by atoms with Crippen LogP contribution in [0.1, 0.15) is 31.9 Å². The molecule has 0 aliphatic heterocycles. The number of benzene rings is 1. The fraction of sp³-hybridized carbons (Fsp3) is 0.250. The summed E-state index contributed by atoms with van der Waals surface area (Å²) in [6, 6.07) is 11.8. The molecule has 1 aromatic heterocycles. The van der Waals surface area contributed by atoms with Crippen LogP contribution in [0.25, 0.3) is 6.08 Å². The van der Waals surface area contributed by atoms with E-state index in [0.717, 1.165) is 17.8 Å². The zero-order valence-electron chi connectivity index (χ0n) is 11.8. The normalized spacial score (nSPS) is 12.5. The first-order valence-corrected chi connectivity index (χ1v) is 6.78. The van der Waals surface area contributed by atoms with Crippen LogP contribution in [0.2, 0.25) is 0 Å². The largest absolute Gasteiger partial charge is 0.307 e. The Kier molecular flexibility index (Phi) is 4.71. The van der Waals surface area contributed by atoms with Crippen molar-refractivity contribution in [2.75, 3.05) is 5.32 Å². The van der Waals surface area contributed by atoms with E-state index < -0.39 is 0 Å². The molecule has 104 valence electrons. The Balaban J connectivity index is 2.02. The SMILES string of the molecule is CCC(C)n1nccc1NC(=O)/C=C/c1ccccc1. The Morgan fingerprint density at radius 3 is 2.80 bits per heavy atom. The maximum atomic E-state index is 11.9. The van der Waals surface area contributed by atoms with E-state index in [1.54, 1.807) is 18.3 Å². The van der Waals surface area contributed by atoms with Crippen molar-refractivity contribution in [1.29, 1.82) is 0 Å². The Morgan fingerprint density at radius 2 is 2.10 bits per heavy atom. The van der Waals surface area contributed by atoms with Gasteiger partial charge in [-0.15, -0.1) is 0 Å². The molecule has 4 nitrogen and oxygen atoms in total. The molecule has 2 aromatic rings. The van der Waals surface area contributed by atoms with E-state index in [1.807, 2.05) is 35.0 Å². The molecule has 0 radical (unpaired) electrons. The Morgan fingerprint density at radius 1 is 1.35 bits per heavy atom. The van der Waals surface area contributed by atoms with Crippen molar-refractivity contribution in [3.63, 3.8) is 0 Å². The molecule has 1 atom stereocenters. The number of hydrogen-bond donors (Lipinski definition) is 1. The van der Waals surface area contributed by atoms with Crippen LogP contribution in [0.5, 0.6) is 0 Å². The van der Waals surface area contributed by atoms with E-state index in [0.29, 0.717) is 0 Å². The average molecular weight is 269 g/mol. The molecule has 2 rings (SSSR count). The Bertz CT molecular complexity index is 587. The van der Waals surface area contributed by atoms with Gasteiger partial charge >= 0.3 is 0 Å². The van der Waals surface area contributed by atoms with Crippen LogP contribution in [-0.4, -0.2) is 15.7 Å². The molecule has 0 aliphatic rings. The van der Waals surface area contributed by atoms with E-state index in [9.17, 15) is 4.79 Å². The lowest BCUT2D eigenvalue weighted by Crippen LogP contribution is -2.15. The summed E-state index contributed by atoms with van der Waals surface area (Å²) in [6.07, 6.45) is 5.98. The Labute approximate surface area is 119 Å². The summed E-state index contributed by atoms with van der Waals surface area (Å²) < 4.78 is 1.83. The molecule has 1 amide bonds. The van der Waals surface area contributed by atoms with E-state index in [1.165, 1.54) is 6.08 Å². The van der Waals surface area contributed by atoms with Gasteiger partial charge in [-0.1, -0.05) is 37.3 Å². The van der Waals surface area contributed by atoms with Crippen LogP contribution in [0.4, 0.5) is 5.82 Å². The Hall–Kier alpha value is -2.36. The number of carbonyl (C=O) groups excluding carboxylic acids is 1. The van der Waals surface area contributed by atoms with Crippen molar-refractivity contribution >= 4 is 17.8 Å². The van der Waals surface area contributed by atoms with Crippen LogP contribution >= 0.6 is 0 Å². The molecule has 1 unspecified atom stereocenters. The molecule has 1 heterocycles. The van der Waals surface area contributed by atoms with Crippen molar-refractivity contribution < 1.29 is 4.79 Å². The van der Waals surface area contributed by atoms with Crippen LogP contribution in [0.15, 0.2) is 48.7 Å². The van der Waals surface area contributed by atoms with Gasteiger partial charge in [0.15, 0.2) is 0 Å². The third-order valence-corrected chi connectivity index (χ3v) is 3.16. The molecule has 0 saturated carbocycles. The minimum Gasteiger partial charge on any atom is -0.307 e. The van der Waals surface area contributed by atoms with Gasteiger partial charge < -0.3 is 5.32 Å². The first kappa shape index (κ1) is 14.1. The first-order valence-electron chi connectivity index (χ1n) is 6.78. The van der Waals surface area contributed by atoms with Gasteiger partial charge in [-0.3, -0.25) is 4.79 Å². The number of rotatable bonds is 5. The van der Waals surface area contributed by atoms with Crippen LogP contribution in [0.3, 0.4) is 0 Å². The van der Waals surface area contributed by atoms with E-state index in [4.69, 9.17) is 0 Å². The summed E-state index contributed by atoms with van der Waals surface area (Å²) in [4.78, 5) is 11.9. The van der Waals surface area contributed by atoms with Crippen molar-refractivity contribution in [1.82, 2.24) is 9.78 Å². The minimum absolute atomic E-state index is 0.154. The number of nitrogens with zero attached hydrogens (tertiary/aromatic N) is 2. The van der Waals surface area contributed by atoms with E-state index in [2.05, 4.69) is 24.3 Å². The highest BCUT2D eigenvalue weighted by molar-refractivity contribution is 6.01. The number of amides is 1. The molecule has 0 fully saturated rings. The zero-order chi connectivity index (χ0) is 14.4. The fourth-order valence-corrected chi connectivity index (χ4v) is 1.84. The third kappa shape index (κ3) is 3.57. The van der Waals surface area contributed by atoms with Crippen LogP contribution in [-0.2, 0) is 4.79 Å². The molecule has 0 saturated heterocycles. The highest BCUT2D eigenvalue weighted by Crippen LogP contribution is 2.16. The second-order valence-corrected chi connectivity index (χ2v) is 4.65. The molecular formula is C16H19N3O. The lowest BCUT2D eigenvalue weighted by Gasteiger charge is -2.13. The second kappa shape index (κ2) is 6.70. The van der Waals surface area contributed by atoms with Crippen molar-refractivity contribution in [3.05, 3.63) is 54.2 Å². The molecule has 1 aromatic carbocycles. The summed E-state index contributed by atoms with van der Waals surface area (Å²) in [5, 5.41) is 7.09. The van der Waals surface area contributed by atoms with Gasteiger partial charge in [0.2, 0.25) is 5.91 Å². The van der Waals surface area contributed by atoms with Gasteiger partial charge in [-0.25, -0.2) is 4.68 Å². The predicted molar refractivity (Wildman–Crippen MR) is 81.3 cm³/mol.